The molecule has 0 radical (unpaired) electrons. The molecule has 2 aromatic rings. The highest BCUT2D eigenvalue weighted by atomic mass is 35.5. The monoisotopic (exact) mass is 473 g/mol. The van der Waals surface area contributed by atoms with E-state index in [0.29, 0.717) is 29.3 Å². The van der Waals surface area contributed by atoms with Crippen LogP contribution in [0.2, 0.25) is 10.0 Å². The number of hydrogen-bond donors (Lipinski definition) is 1. The molecule has 2 saturated carbocycles. The fourth-order valence-corrected chi connectivity index (χ4v) is 5.15. The molecule has 0 bridgehead atoms. The minimum Gasteiger partial charge on any atom is -0.481 e. The smallest absolute Gasteiger partial charge is 0.304 e. The maximum absolute atomic E-state index is 13.3. The van der Waals surface area contributed by atoms with Crippen molar-refractivity contribution in [2.24, 2.45) is 17.8 Å². The Balaban J connectivity index is 0.000000300. The minimum absolute atomic E-state index is 0.0509. The van der Waals surface area contributed by atoms with E-state index in [9.17, 15) is 14.7 Å². The van der Waals surface area contributed by atoms with Crippen molar-refractivity contribution in [3.8, 4) is 0 Å². The molecule has 1 amide bonds. The van der Waals surface area contributed by atoms with Gasteiger partial charge in [-0.2, -0.15) is 0 Å². The number of carbonyl (C=O) groups is 2. The molecule has 4 nitrogen and oxygen atoms in total. The molecule has 170 valence electrons. The van der Waals surface area contributed by atoms with Crippen LogP contribution in [0, 0.1) is 17.8 Å². The number of rotatable bonds is 6. The second-order valence-electron chi connectivity index (χ2n) is 9.15. The summed E-state index contributed by atoms with van der Waals surface area (Å²) in [6, 6.07) is 17.6. The lowest BCUT2D eigenvalue weighted by atomic mass is 9.84. The first-order chi connectivity index (χ1) is 15.4. The number of carbonyl (C=O) groups excluding carboxylic acids is 1. The summed E-state index contributed by atoms with van der Waals surface area (Å²) < 4.78 is 0. The summed E-state index contributed by atoms with van der Waals surface area (Å²) in [6.45, 7) is 0. The zero-order valence-corrected chi connectivity index (χ0v) is 19.5. The molecular weight excluding hydrogens is 445 g/mol. The van der Waals surface area contributed by atoms with Crippen LogP contribution in [0.5, 0.6) is 0 Å². The van der Waals surface area contributed by atoms with Gasteiger partial charge in [-0.05, 0) is 80.2 Å². The van der Waals surface area contributed by atoms with E-state index >= 15 is 0 Å². The summed E-state index contributed by atoms with van der Waals surface area (Å²) in [6.07, 6.45) is 6.22. The van der Waals surface area contributed by atoms with Crippen molar-refractivity contribution in [2.45, 2.75) is 57.0 Å². The molecular formula is C26H29Cl2NO3. The first-order valence-electron chi connectivity index (χ1n) is 11.4. The Morgan fingerprint density at radius 3 is 1.91 bits per heavy atom. The number of aliphatic carboxylic acids is 1. The maximum atomic E-state index is 13.3. The van der Waals surface area contributed by atoms with E-state index in [1.165, 1.54) is 25.7 Å². The Bertz CT molecular complexity index is 914. The van der Waals surface area contributed by atoms with Crippen LogP contribution in [0.3, 0.4) is 0 Å². The van der Waals surface area contributed by atoms with Crippen LogP contribution in [0.15, 0.2) is 54.6 Å². The second-order valence-corrected chi connectivity index (χ2v) is 10.0. The summed E-state index contributed by atoms with van der Waals surface area (Å²) >= 11 is 11.6. The van der Waals surface area contributed by atoms with Gasteiger partial charge in [-0.15, -0.1) is 0 Å². The van der Waals surface area contributed by atoms with Crippen molar-refractivity contribution in [2.75, 3.05) is 0 Å². The lowest BCUT2D eigenvalue weighted by molar-refractivity contribution is -0.152. The highest BCUT2D eigenvalue weighted by Gasteiger charge is 2.50. The van der Waals surface area contributed by atoms with Gasteiger partial charge in [-0.1, -0.05) is 53.5 Å². The maximum Gasteiger partial charge on any atom is 0.304 e. The van der Waals surface area contributed by atoms with Crippen LogP contribution in [-0.4, -0.2) is 27.9 Å². The van der Waals surface area contributed by atoms with Crippen LogP contribution in [0.1, 0.15) is 56.6 Å². The van der Waals surface area contributed by atoms with Crippen LogP contribution in [0.4, 0.5) is 0 Å². The average molecular weight is 474 g/mol. The molecule has 2 atom stereocenters. The van der Waals surface area contributed by atoms with Crippen LogP contribution >= 0.6 is 23.2 Å². The number of piperidine rings is 1. The second kappa shape index (κ2) is 10.3. The molecule has 1 aliphatic heterocycles. The average Bonchev–Trinajstić information content (AvgIpc) is 3.68. The van der Waals surface area contributed by atoms with Gasteiger partial charge in [0, 0.05) is 22.0 Å². The number of likely N-dealkylation sites (tertiary alicyclic amines) is 1. The fraction of sp³-hybridized carbons (Fsp3) is 0.462. The van der Waals surface area contributed by atoms with Gasteiger partial charge in [-0.3, -0.25) is 9.59 Å². The number of benzene rings is 2. The first kappa shape index (κ1) is 23.1. The van der Waals surface area contributed by atoms with Gasteiger partial charge in [0.05, 0.1) is 12.5 Å². The van der Waals surface area contributed by atoms with Crippen molar-refractivity contribution in [1.82, 2.24) is 4.90 Å². The van der Waals surface area contributed by atoms with Crippen molar-refractivity contribution in [3.63, 3.8) is 0 Å². The number of amides is 1. The Morgan fingerprint density at radius 2 is 1.44 bits per heavy atom. The van der Waals surface area contributed by atoms with E-state index in [4.69, 9.17) is 23.2 Å². The van der Waals surface area contributed by atoms with E-state index in [0.717, 1.165) is 17.0 Å². The third-order valence-corrected chi connectivity index (χ3v) is 7.17. The van der Waals surface area contributed by atoms with Gasteiger partial charge in [0.2, 0.25) is 5.91 Å². The standard InChI is InChI=1S/C20H24ClNO3.C6H5Cl/c21-16-8-5-12(6-9-16)17-10-7-15(11-18(23)24)20(25)22(17)19(13-1-2-13)14-3-4-14;7-6-4-2-1-3-5-6/h5-6,8-9,13-15,17,19H,1-4,7,10-11H2,(H,23,24);1-5H/t15?,17-;/m0./s1. The Kier molecular flexibility index (Phi) is 7.42. The highest BCUT2D eigenvalue weighted by Crippen LogP contribution is 2.51. The van der Waals surface area contributed by atoms with Gasteiger partial charge in [0.1, 0.15) is 0 Å². The quantitative estimate of drug-likeness (QED) is 0.512. The SMILES string of the molecule is Clc1ccccc1.O=C(O)CC1CC[C@@H](c2ccc(Cl)cc2)N(C(C2CC2)C2CC2)C1=O. The van der Waals surface area contributed by atoms with Crippen LogP contribution in [0.25, 0.3) is 0 Å². The number of hydrogen-bond acceptors (Lipinski definition) is 2. The molecule has 3 fully saturated rings. The summed E-state index contributed by atoms with van der Waals surface area (Å²) in [5, 5.41) is 10.7. The number of nitrogens with zero attached hydrogens (tertiary/aromatic N) is 1. The van der Waals surface area contributed by atoms with Crippen molar-refractivity contribution < 1.29 is 14.7 Å². The molecule has 0 spiro atoms. The number of carboxylic acid groups (broad SMARTS) is 1. The number of carboxylic acids is 1. The Morgan fingerprint density at radius 1 is 0.875 bits per heavy atom. The summed E-state index contributed by atoms with van der Waals surface area (Å²) in [4.78, 5) is 26.5. The third-order valence-electron chi connectivity index (χ3n) is 6.67. The molecule has 1 heterocycles. The van der Waals surface area contributed by atoms with E-state index in [2.05, 4.69) is 4.90 Å². The molecule has 5 rings (SSSR count). The molecule has 6 heteroatoms. The zero-order chi connectivity index (χ0) is 22.7. The van der Waals surface area contributed by atoms with E-state index in [1.54, 1.807) is 0 Å². The Hall–Kier alpha value is -2.04. The number of halogens is 2. The lowest BCUT2D eigenvalue weighted by Gasteiger charge is -2.44. The fourth-order valence-electron chi connectivity index (χ4n) is 4.88. The normalized spacial score (nSPS) is 23.0. The molecule has 2 aromatic carbocycles. The molecule has 32 heavy (non-hydrogen) atoms. The summed E-state index contributed by atoms with van der Waals surface area (Å²) in [7, 11) is 0. The third kappa shape index (κ3) is 5.85. The highest BCUT2D eigenvalue weighted by molar-refractivity contribution is 6.30. The van der Waals surface area contributed by atoms with Gasteiger partial charge in [0.15, 0.2) is 0 Å². The van der Waals surface area contributed by atoms with Crippen molar-refractivity contribution in [3.05, 3.63) is 70.2 Å². The molecule has 0 aromatic heterocycles. The van der Waals surface area contributed by atoms with Crippen molar-refractivity contribution in [1.29, 1.82) is 0 Å². The van der Waals surface area contributed by atoms with E-state index < -0.39 is 5.97 Å². The lowest BCUT2D eigenvalue weighted by Crippen LogP contribution is -2.51. The minimum atomic E-state index is -0.877. The van der Waals surface area contributed by atoms with Crippen LogP contribution < -0.4 is 0 Å². The predicted octanol–water partition coefficient (Wildman–Crippen LogP) is 6.62. The predicted molar refractivity (Wildman–Crippen MR) is 127 cm³/mol. The zero-order valence-electron chi connectivity index (χ0n) is 18.0. The first-order valence-corrected chi connectivity index (χ1v) is 12.2. The largest absolute Gasteiger partial charge is 0.481 e. The van der Waals surface area contributed by atoms with Gasteiger partial charge < -0.3 is 10.0 Å². The van der Waals surface area contributed by atoms with Crippen LogP contribution in [-0.2, 0) is 9.59 Å². The van der Waals surface area contributed by atoms with Gasteiger partial charge >= 0.3 is 5.97 Å². The van der Waals surface area contributed by atoms with Gasteiger partial charge in [-0.25, -0.2) is 0 Å². The van der Waals surface area contributed by atoms with E-state index in [1.807, 2.05) is 54.6 Å². The Labute approximate surface area is 199 Å². The van der Waals surface area contributed by atoms with E-state index in [-0.39, 0.29) is 24.3 Å². The summed E-state index contributed by atoms with van der Waals surface area (Å²) in [5.41, 5.74) is 1.12. The molecule has 1 unspecified atom stereocenters. The van der Waals surface area contributed by atoms with Gasteiger partial charge in [0.25, 0.3) is 0 Å². The van der Waals surface area contributed by atoms with Crippen molar-refractivity contribution >= 4 is 35.1 Å². The molecule has 1 saturated heterocycles. The summed E-state index contributed by atoms with van der Waals surface area (Å²) in [5.74, 6) is 0.0146. The molecule has 2 aliphatic carbocycles. The molecule has 3 aliphatic rings. The topological polar surface area (TPSA) is 57.6 Å². The molecule has 1 N–H and O–H groups in total.